The maximum atomic E-state index is 14.0. The molecule has 0 N–H and O–H groups in total. The fraction of sp³-hybridized carbons (Fsp3) is 0.250. The lowest BCUT2D eigenvalue weighted by molar-refractivity contribution is 0.582. The van der Waals surface area contributed by atoms with Gasteiger partial charge in [0.15, 0.2) is 0 Å². The van der Waals surface area contributed by atoms with E-state index in [-0.39, 0.29) is 10.0 Å². The summed E-state index contributed by atoms with van der Waals surface area (Å²) in [6, 6.07) is 6.24. The molecule has 0 fully saturated rings. The van der Waals surface area contributed by atoms with Gasteiger partial charge in [-0.05, 0) is 65.5 Å². The van der Waals surface area contributed by atoms with Crippen LogP contribution in [0.4, 0.5) is 8.78 Å². The molecule has 0 saturated heterocycles. The fourth-order valence-electron chi connectivity index (χ4n) is 2.48. The zero-order valence-electron chi connectivity index (χ0n) is 11.4. The predicted molar refractivity (Wildman–Crippen MR) is 82.4 cm³/mol. The number of alkyl halides is 1. The highest BCUT2D eigenvalue weighted by molar-refractivity contribution is 9.10. The van der Waals surface area contributed by atoms with Crippen LogP contribution in [-0.2, 0) is 0 Å². The maximum Gasteiger partial charge on any atom is 0.137 e. The molecule has 0 aliphatic rings. The Morgan fingerprint density at radius 3 is 2.05 bits per heavy atom. The van der Waals surface area contributed by atoms with Gasteiger partial charge in [-0.1, -0.05) is 17.7 Å². The quantitative estimate of drug-likeness (QED) is 0.457. The van der Waals surface area contributed by atoms with Crippen molar-refractivity contribution >= 4 is 27.5 Å². The Labute approximate surface area is 130 Å². The molecule has 0 spiro atoms. The Bertz CT molecular complexity index is 645. The summed E-state index contributed by atoms with van der Waals surface area (Å²) in [5, 5.41) is -0.710. The molecule has 1 atom stereocenters. The van der Waals surface area contributed by atoms with Gasteiger partial charge in [0.1, 0.15) is 11.6 Å². The van der Waals surface area contributed by atoms with Crippen LogP contribution in [0.25, 0.3) is 0 Å². The van der Waals surface area contributed by atoms with Crippen LogP contribution in [0, 0.1) is 32.4 Å². The summed E-state index contributed by atoms with van der Waals surface area (Å²) in [7, 11) is 0. The number of rotatable bonds is 2. The highest BCUT2D eigenvalue weighted by Gasteiger charge is 2.21. The van der Waals surface area contributed by atoms with Gasteiger partial charge >= 0.3 is 0 Å². The van der Waals surface area contributed by atoms with Crippen LogP contribution in [0.2, 0.25) is 0 Å². The Morgan fingerprint density at radius 2 is 1.50 bits per heavy atom. The molecule has 2 aromatic carbocycles. The van der Waals surface area contributed by atoms with E-state index in [0.717, 1.165) is 34.4 Å². The SMILES string of the molecule is Cc1cc(C)c(C(Cl)c2cc(F)c(Br)cc2F)c(C)c1. The van der Waals surface area contributed by atoms with Crippen LogP contribution in [0.1, 0.15) is 33.2 Å². The molecule has 0 aromatic heterocycles. The molecule has 0 heterocycles. The van der Waals surface area contributed by atoms with Gasteiger partial charge in [-0.2, -0.15) is 0 Å². The molecule has 2 rings (SSSR count). The van der Waals surface area contributed by atoms with Crippen LogP contribution >= 0.6 is 27.5 Å². The van der Waals surface area contributed by atoms with Gasteiger partial charge in [0.05, 0.1) is 9.85 Å². The standard InChI is InChI=1S/C16H14BrClF2/c1-8-4-9(2)15(10(3)5-8)16(18)11-6-14(20)12(17)7-13(11)19/h4-7,16H,1-3H3. The summed E-state index contributed by atoms with van der Waals surface area (Å²) in [6.07, 6.45) is 0. The molecule has 0 nitrogen and oxygen atoms in total. The molecular formula is C16H14BrClF2. The second kappa shape index (κ2) is 5.82. The van der Waals surface area contributed by atoms with Crippen LogP contribution in [-0.4, -0.2) is 0 Å². The topological polar surface area (TPSA) is 0 Å². The first-order valence-corrected chi connectivity index (χ1v) is 7.40. The predicted octanol–water partition coefficient (Wildman–Crippen LogP) is 5.98. The Morgan fingerprint density at radius 1 is 0.950 bits per heavy atom. The number of benzene rings is 2. The van der Waals surface area contributed by atoms with Crippen molar-refractivity contribution in [2.45, 2.75) is 26.1 Å². The number of hydrogen-bond donors (Lipinski definition) is 0. The average molecular weight is 360 g/mol. The fourth-order valence-corrected chi connectivity index (χ4v) is 3.31. The maximum absolute atomic E-state index is 14.0. The van der Waals surface area contributed by atoms with Crippen molar-refractivity contribution in [2.75, 3.05) is 0 Å². The minimum absolute atomic E-state index is 0.0972. The van der Waals surface area contributed by atoms with E-state index in [9.17, 15) is 8.78 Å². The lowest BCUT2D eigenvalue weighted by Gasteiger charge is -2.18. The Hall–Kier alpha value is -0.930. The van der Waals surface area contributed by atoms with Crippen LogP contribution < -0.4 is 0 Å². The average Bonchev–Trinajstić information content (AvgIpc) is 2.32. The number of halogens is 4. The lowest BCUT2D eigenvalue weighted by atomic mass is 9.93. The highest BCUT2D eigenvalue weighted by Crippen LogP contribution is 2.36. The minimum atomic E-state index is -0.710. The second-order valence-electron chi connectivity index (χ2n) is 4.96. The van der Waals surface area contributed by atoms with E-state index >= 15 is 0 Å². The second-order valence-corrected chi connectivity index (χ2v) is 6.25. The summed E-state index contributed by atoms with van der Waals surface area (Å²) in [5.74, 6) is -1.04. The van der Waals surface area contributed by atoms with Crippen molar-refractivity contribution in [2.24, 2.45) is 0 Å². The van der Waals surface area contributed by atoms with Gasteiger partial charge < -0.3 is 0 Å². The van der Waals surface area contributed by atoms with Crippen molar-refractivity contribution in [3.8, 4) is 0 Å². The van der Waals surface area contributed by atoms with Gasteiger partial charge in [-0.15, -0.1) is 11.6 Å². The minimum Gasteiger partial charge on any atom is -0.207 e. The van der Waals surface area contributed by atoms with Gasteiger partial charge in [0, 0.05) is 5.56 Å². The van der Waals surface area contributed by atoms with Crippen molar-refractivity contribution < 1.29 is 8.78 Å². The molecule has 0 amide bonds. The zero-order valence-corrected chi connectivity index (χ0v) is 13.7. The molecule has 0 aliphatic carbocycles. The summed E-state index contributed by atoms with van der Waals surface area (Å²) >= 11 is 9.37. The molecule has 0 radical (unpaired) electrons. The zero-order chi connectivity index (χ0) is 15.0. The molecule has 4 heteroatoms. The van der Waals surface area contributed by atoms with Crippen molar-refractivity contribution in [3.63, 3.8) is 0 Å². The molecule has 0 aliphatic heterocycles. The van der Waals surface area contributed by atoms with Crippen LogP contribution in [0.15, 0.2) is 28.7 Å². The van der Waals surface area contributed by atoms with Gasteiger partial charge in [-0.3, -0.25) is 0 Å². The molecule has 2 aromatic rings. The van der Waals surface area contributed by atoms with E-state index < -0.39 is 17.0 Å². The van der Waals surface area contributed by atoms with E-state index in [0.29, 0.717) is 0 Å². The molecule has 0 bridgehead atoms. The first-order valence-electron chi connectivity index (χ1n) is 6.17. The Balaban J connectivity index is 2.57. The normalized spacial score (nSPS) is 12.6. The number of aryl methyl sites for hydroxylation is 3. The van der Waals surface area contributed by atoms with Gasteiger partial charge in [-0.25, -0.2) is 8.78 Å². The van der Waals surface area contributed by atoms with E-state index in [4.69, 9.17) is 11.6 Å². The van der Waals surface area contributed by atoms with Crippen molar-refractivity contribution in [1.82, 2.24) is 0 Å². The summed E-state index contributed by atoms with van der Waals surface area (Å²) in [6.45, 7) is 5.85. The summed E-state index contributed by atoms with van der Waals surface area (Å²) in [5.41, 5.74) is 4.06. The molecule has 20 heavy (non-hydrogen) atoms. The molecule has 1 unspecified atom stereocenters. The third-order valence-corrected chi connectivity index (χ3v) is 4.37. The highest BCUT2D eigenvalue weighted by atomic mass is 79.9. The monoisotopic (exact) mass is 358 g/mol. The summed E-state index contributed by atoms with van der Waals surface area (Å²) < 4.78 is 27.8. The molecule has 106 valence electrons. The summed E-state index contributed by atoms with van der Waals surface area (Å²) in [4.78, 5) is 0. The molecule has 0 saturated carbocycles. The van der Waals surface area contributed by atoms with E-state index in [2.05, 4.69) is 15.9 Å². The largest absolute Gasteiger partial charge is 0.207 e. The van der Waals surface area contributed by atoms with E-state index in [1.807, 2.05) is 32.9 Å². The first-order chi connectivity index (χ1) is 9.31. The van der Waals surface area contributed by atoms with E-state index in [1.54, 1.807) is 0 Å². The van der Waals surface area contributed by atoms with Crippen LogP contribution in [0.3, 0.4) is 0 Å². The molecular weight excluding hydrogens is 346 g/mol. The third-order valence-electron chi connectivity index (χ3n) is 3.30. The van der Waals surface area contributed by atoms with Crippen molar-refractivity contribution in [1.29, 1.82) is 0 Å². The third kappa shape index (κ3) is 2.89. The Kier molecular flexibility index (Phi) is 4.50. The van der Waals surface area contributed by atoms with E-state index in [1.165, 1.54) is 0 Å². The van der Waals surface area contributed by atoms with Crippen molar-refractivity contribution in [3.05, 3.63) is 68.2 Å². The smallest absolute Gasteiger partial charge is 0.137 e. The van der Waals surface area contributed by atoms with Crippen LogP contribution in [0.5, 0.6) is 0 Å². The van der Waals surface area contributed by atoms with Gasteiger partial charge in [0.25, 0.3) is 0 Å². The van der Waals surface area contributed by atoms with Gasteiger partial charge in [0.2, 0.25) is 0 Å². The lowest BCUT2D eigenvalue weighted by Crippen LogP contribution is -2.03. The number of hydrogen-bond acceptors (Lipinski definition) is 0. The first kappa shape index (κ1) is 15.5.